The number of anilines is 1. The van der Waals surface area contributed by atoms with E-state index in [9.17, 15) is 9.59 Å². The first-order chi connectivity index (χ1) is 11.5. The van der Waals surface area contributed by atoms with Crippen molar-refractivity contribution in [2.75, 3.05) is 18.5 Å². The van der Waals surface area contributed by atoms with E-state index in [-0.39, 0.29) is 24.9 Å². The molecule has 1 aromatic carbocycles. The van der Waals surface area contributed by atoms with E-state index in [1.165, 1.54) is 0 Å². The summed E-state index contributed by atoms with van der Waals surface area (Å²) in [5.41, 5.74) is 2.10. The highest BCUT2D eigenvalue weighted by Crippen LogP contribution is 2.19. The lowest BCUT2D eigenvalue weighted by Gasteiger charge is -2.09. The number of ether oxygens (including phenoxy) is 2. The maximum atomic E-state index is 11.9. The molecule has 0 aliphatic heterocycles. The van der Waals surface area contributed by atoms with Crippen molar-refractivity contribution in [1.29, 1.82) is 0 Å². The highest BCUT2D eigenvalue weighted by atomic mass is 32.1. The summed E-state index contributed by atoms with van der Waals surface area (Å²) in [6.07, 6.45) is 0.0421. The number of nitrogens with zero attached hydrogens (tertiary/aromatic N) is 2. The number of benzene rings is 1. The van der Waals surface area contributed by atoms with Crippen molar-refractivity contribution in [3.05, 3.63) is 34.3 Å². The summed E-state index contributed by atoms with van der Waals surface area (Å²) in [6.45, 7) is 5.84. The summed E-state index contributed by atoms with van der Waals surface area (Å²) in [4.78, 5) is 23.3. The average molecular weight is 349 g/mol. The van der Waals surface area contributed by atoms with E-state index in [0.717, 1.165) is 22.5 Å². The summed E-state index contributed by atoms with van der Waals surface area (Å²) >= 11 is 1.13. The molecule has 8 heteroatoms. The molecule has 1 amide bonds. The summed E-state index contributed by atoms with van der Waals surface area (Å²) in [6, 6.07) is 5.74. The first kappa shape index (κ1) is 17.9. The molecule has 0 radical (unpaired) electrons. The maximum Gasteiger partial charge on any atom is 0.312 e. The predicted molar refractivity (Wildman–Crippen MR) is 90.3 cm³/mol. The lowest BCUT2D eigenvalue weighted by Crippen LogP contribution is -2.20. The number of aryl methyl sites for hydroxylation is 2. The fourth-order valence-corrected chi connectivity index (χ4v) is 2.71. The summed E-state index contributed by atoms with van der Waals surface area (Å²) < 4.78 is 10.3. The zero-order chi connectivity index (χ0) is 17.5. The van der Waals surface area contributed by atoms with E-state index >= 15 is 0 Å². The van der Waals surface area contributed by atoms with Crippen LogP contribution in [0, 0.1) is 13.8 Å². The van der Waals surface area contributed by atoms with Crippen molar-refractivity contribution in [1.82, 2.24) is 10.2 Å². The maximum absolute atomic E-state index is 11.9. The Morgan fingerprint density at radius 2 is 2.04 bits per heavy atom. The number of carbonyl (C=O) groups is 2. The summed E-state index contributed by atoms with van der Waals surface area (Å²) in [7, 11) is 0. The second kappa shape index (κ2) is 8.39. The van der Waals surface area contributed by atoms with Crippen LogP contribution in [0.5, 0.6) is 5.75 Å². The van der Waals surface area contributed by atoms with Crippen LogP contribution in [0.1, 0.15) is 23.1 Å². The van der Waals surface area contributed by atoms with Crippen LogP contribution in [0.2, 0.25) is 0 Å². The van der Waals surface area contributed by atoms with Crippen molar-refractivity contribution in [2.45, 2.75) is 27.2 Å². The lowest BCUT2D eigenvalue weighted by molar-refractivity contribution is -0.142. The quantitative estimate of drug-likeness (QED) is 0.771. The Labute approximate surface area is 144 Å². The third-order valence-corrected chi connectivity index (χ3v) is 3.84. The Morgan fingerprint density at radius 1 is 1.25 bits per heavy atom. The topological polar surface area (TPSA) is 90.4 Å². The third-order valence-electron chi connectivity index (χ3n) is 3.00. The Morgan fingerprint density at radius 3 is 2.75 bits per heavy atom. The van der Waals surface area contributed by atoms with E-state index in [4.69, 9.17) is 9.47 Å². The molecule has 0 aliphatic carbocycles. The SMILES string of the molecule is CCOC(=O)Cc1nnc(NC(=O)COc2ccc(C)cc2C)s1. The highest BCUT2D eigenvalue weighted by Gasteiger charge is 2.12. The number of hydrogen-bond acceptors (Lipinski definition) is 7. The number of nitrogens with one attached hydrogen (secondary N) is 1. The molecule has 128 valence electrons. The molecule has 0 fully saturated rings. The monoisotopic (exact) mass is 349 g/mol. The second-order valence-electron chi connectivity index (χ2n) is 5.09. The van der Waals surface area contributed by atoms with Crippen LogP contribution in [-0.2, 0) is 20.7 Å². The van der Waals surface area contributed by atoms with Crippen LogP contribution in [0.25, 0.3) is 0 Å². The van der Waals surface area contributed by atoms with E-state index in [0.29, 0.717) is 22.5 Å². The van der Waals surface area contributed by atoms with E-state index < -0.39 is 0 Å². The van der Waals surface area contributed by atoms with Gasteiger partial charge in [0.05, 0.1) is 13.0 Å². The van der Waals surface area contributed by atoms with Crippen LogP contribution in [0.3, 0.4) is 0 Å². The average Bonchev–Trinajstić information content (AvgIpc) is 2.93. The number of amides is 1. The van der Waals surface area contributed by atoms with Gasteiger partial charge in [-0.15, -0.1) is 10.2 Å². The van der Waals surface area contributed by atoms with Gasteiger partial charge in [0, 0.05) is 0 Å². The van der Waals surface area contributed by atoms with Gasteiger partial charge in [-0.25, -0.2) is 0 Å². The molecule has 0 saturated carbocycles. The van der Waals surface area contributed by atoms with Gasteiger partial charge in [0.1, 0.15) is 10.8 Å². The van der Waals surface area contributed by atoms with Crippen LogP contribution < -0.4 is 10.1 Å². The molecule has 1 heterocycles. The molecule has 0 bridgehead atoms. The molecule has 0 spiro atoms. The minimum Gasteiger partial charge on any atom is -0.483 e. The van der Waals surface area contributed by atoms with Gasteiger partial charge in [0.2, 0.25) is 5.13 Å². The zero-order valence-electron chi connectivity index (χ0n) is 13.8. The molecule has 2 aromatic rings. The Bertz CT molecular complexity index is 730. The first-order valence-corrected chi connectivity index (χ1v) is 8.27. The van der Waals surface area contributed by atoms with Crippen molar-refractivity contribution < 1.29 is 19.1 Å². The molecule has 0 atom stereocenters. The Hall–Kier alpha value is -2.48. The fraction of sp³-hybridized carbons (Fsp3) is 0.375. The van der Waals surface area contributed by atoms with Gasteiger partial charge in [-0.3, -0.25) is 14.9 Å². The minimum atomic E-state index is -0.371. The van der Waals surface area contributed by atoms with E-state index in [1.54, 1.807) is 6.92 Å². The van der Waals surface area contributed by atoms with Crippen LogP contribution in [-0.4, -0.2) is 35.3 Å². The normalized spacial score (nSPS) is 10.3. The largest absolute Gasteiger partial charge is 0.483 e. The standard InChI is InChI=1S/C16H19N3O4S/c1-4-22-15(21)8-14-18-19-16(24-14)17-13(20)9-23-12-6-5-10(2)7-11(12)3/h5-7H,4,8-9H2,1-3H3,(H,17,19,20). The molecule has 0 saturated heterocycles. The Kier molecular flexibility index (Phi) is 6.25. The molecule has 0 unspecified atom stereocenters. The van der Waals surface area contributed by atoms with Crippen molar-refractivity contribution in [3.63, 3.8) is 0 Å². The molecule has 0 aliphatic rings. The lowest BCUT2D eigenvalue weighted by atomic mass is 10.1. The van der Waals surface area contributed by atoms with Crippen LogP contribution in [0.15, 0.2) is 18.2 Å². The zero-order valence-corrected chi connectivity index (χ0v) is 14.6. The number of carbonyl (C=O) groups excluding carboxylic acids is 2. The molecule has 24 heavy (non-hydrogen) atoms. The van der Waals surface area contributed by atoms with Crippen molar-refractivity contribution >= 4 is 28.3 Å². The summed E-state index contributed by atoms with van der Waals surface area (Å²) in [5.74, 6) is -0.0467. The van der Waals surface area contributed by atoms with Crippen LogP contribution in [0.4, 0.5) is 5.13 Å². The number of rotatable bonds is 7. The molecule has 2 rings (SSSR count). The van der Waals surface area contributed by atoms with Gasteiger partial charge in [-0.1, -0.05) is 29.0 Å². The van der Waals surface area contributed by atoms with Crippen molar-refractivity contribution in [3.8, 4) is 5.75 Å². The number of hydrogen-bond donors (Lipinski definition) is 1. The van der Waals surface area contributed by atoms with E-state index in [2.05, 4.69) is 15.5 Å². The molecule has 7 nitrogen and oxygen atoms in total. The highest BCUT2D eigenvalue weighted by molar-refractivity contribution is 7.15. The van der Waals surface area contributed by atoms with Crippen molar-refractivity contribution in [2.24, 2.45) is 0 Å². The molecular weight excluding hydrogens is 330 g/mol. The smallest absolute Gasteiger partial charge is 0.312 e. The second-order valence-corrected chi connectivity index (χ2v) is 6.15. The van der Waals surface area contributed by atoms with E-state index in [1.807, 2.05) is 32.0 Å². The fourth-order valence-electron chi connectivity index (χ4n) is 1.97. The summed E-state index contributed by atoms with van der Waals surface area (Å²) in [5, 5.41) is 11.1. The molecular formula is C16H19N3O4S. The van der Waals surface area contributed by atoms with Gasteiger partial charge in [-0.05, 0) is 32.4 Å². The number of aromatic nitrogens is 2. The van der Waals surface area contributed by atoms with Gasteiger partial charge in [-0.2, -0.15) is 0 Å². The predicted octanol–water partition coefficient (Wildman–Crippen LogP) is 2.28. The third kappa shape index (κ3) is 5.31. The van der Waals surface area contributed by atoms with Gasteiger partial charge in [0.15, 0.2) is 6.61 Å². The van der Waals surface area contributed by atoms with Crippen LogP contribution >= 0.6 is 11.3 Å². The number of esters is 1. The minimum absolute atomic E-state index is 0.0421. The Balaban J connectivity index is 1.84. The van der Waals surface area contributed by atoms with Gasteiger partial charge < -0.3 is 9.47 Å². The van der Waals surface area contributed by atoms with Gasteiger partial charge >= 0.3 is 5.97 Å². The first-order valence-electron chi connectivity index (χ1n) is 7.46. The van der Waals surface area contributed by atoms with Gasteiger partial charge in [0.25, 0.3) is 5.91 Å². The molecule has 1 N–H and O–H groups in total. The molecule has 1 aromatic heterocycles.